The molecule has 8 nitrogen and oxygen atoms in total. The molecule has 0 fully saturated rings. The van der Waals surface area contributed by atoms with Crippen molar-refractivity contribution in [2.24, 2.45) is 0 Å². The number of hydrogen-bond donors (Lipinski definition) is 2. The Kier molecular flexibility index (Phi) is 4.81. The molecule has 0 saturated carbocycles. The van der Waals surface area contributed by atoms with Crippen LogP contribution in [0.15, 0.2) is 12.4 Å². The molecule has 0 spiro atoms. The minimum atomic E-state index is -0.986. The van der Waals surface area contributed by atoms with E-state index in [9.17, 15) is 9.90 Å². The first-order valence-electron chi connectivity index (χ1n) is 6.87. The smallest absolute Gasteiger partial charge is 0.339 e. The summed E-state index contributed by atoms with van der Waals surface area (Å²) in [5, 5.41) is 28.1. The molecule has 2 aromatic heterocycles. The first kappa shape index (κ1) is 14.9. The second-order valence-corrected chi connectivity index (χ2v) is 4.45. The van der Waals surface area contributed by atoms with E-state index in [1.165, 1.54) is 0 Å². The van der Waals surface area contributed by atoms with E-state index >= 15 is 0 Å². The summed E-state index contributed by atoms with van der Waals surface area (Å²) in [7, 11) is 0. The molecule has 2 N–H and O–H groups in total. The molecule has 21 heavy (non-hydrogen) atoms. The maximum atomic E-state index is 11.5. The molecule has 0 atom stereocenters. The van der Waals surface area contributed by atoms with Gasteiger partial charge in [0.25, 0.3) is 0 Å². The molecule has 2 heterocycles. The van der Waals surface area contributed by atoms with E-state index < -0.39 is 5.97 Å². The summed E-state index contributed by atoms with van der Waals surface area (Å²) in [4.78, 5) is 11.5. The van der Waals surface area contributed by atoms with E-state index in [0.717, 1.165) is 11.3 Å². The van der Waals surface area contributed by atoms with Gasteiger partial charge in [-0.3, -0.25) is 4.68 Å². The summed E-state index contributed by atoms with van der Waals surface area (Å²) in [5.41, 5.74) is 1.68. The van der Waals surface area contributed by atoms with Gasteiger partial charge < -0.3 is 10.4 Å². The maximum absolute atomic E-state index is 11.5. The van der Waals surface area contributed by atoms with Crippen LogP contribution in [0.5, 0.6) is 0 Å². The fourth-order valence-electron chi connectivity index (χ4n) is 2.17. The van der Waals surface area contributed by atoms with Crippen molar-refractivity contribution in [1.29, 1.82) is 0 Å². The zero-order valence-electron chi connectivity index (χ0n) is 12.1. The summed E-state index contributed by atoms with van der Waals surface area (Å²) in [5.74, 6) is -0.684. The lowest BCUT2D eigenvalue weighted by Crippen LogP contribution is -2.18. The second kappa shape index (κ2) is 6.78. The Morgan fingerprint density at radius 1 is 1.33 bits per heavy atom. The third kappa shape index (κ3) is 3.33. The summed E-state index contributed by atoms with van der Waals surface area (Å²) >= 11 is 0. The van der Waals surface area contributed by atoms with Gasteiger partial charge >= 0.3 is 5.97 Å². The van der Waals surface area contributed by atoms with Gasteiger partial charge in [0, 0.05) is 12.7 Å². The molecule has 2 rings (SSSR count). The minimum Gasteiger partial charge on any atom is -0.478 e. The molecule has 2 aromatic rings. The standard InChI is InChI=1S/C13H18N6O2/c1-3-9-10(4-2)16-17-12(11(9)13(20)21)14-5-7-19-8-6-15-18-19/h6,8H,3-5,7H2,1-2H3,(H,14,17)(H,20,21). The Balaban J connectivity index is 2.20. The molecule has 0 amide bonds. The van der Waals surface area contributed by atoms with Crippen molar-refractivity contribution >= 4 is 11.8 Å². The Labute approximate surface area is 122 Å². The van der Waals surface area contributed by atoms with Gasteiger partial charge in [-0.2, -0.15) is 5.10 Å². The highest BCUT2D eigenvalue weighted by atomic mass is 16.4. The topological polar surface area (TPSA) is 106 Å². The number of rotatable bonds is 7. The van der Waals surface area contributed by atoms with E-state index in [1.54, 1.807) is 17.1 Å². The molecule has 0 aliphatic heterocycles. The fourth-order valence-corrected chi connectivity index (χ4v) is 2.17. The van der Waals surface area contributed by atoms with E-state index in [2.05, 4.69) is 25.8 Å². The summed E-state index contributed by atoms with van der Waals surface area (Å²) in [6, 6.07) is 0. The van der Waals surface area contributed by atoms with Gasteiger partial charge in [-0.25, -0.2) is 4.79 Å². The Hall–Kier alpha value is -2.51. The number of carboxylic acids is 1. The van der Waals surface area contributed by atoms with Gasteiger partial charge in [-0.05, 0) is 18.4 Å². The Bertz CT molecular complexity index is 611. The lowest BCUT2D eigenvalue weighted by atomic mass is 10.0. The van der Waals surface area contributed by atoms with Gasteiger partial charge in [-0.15, -0.1) is 10.2 Å². The van der Waals surface area contributed by atoms with Crippen molar-refractivity contribution in [2.45, 2.75) is 33.2 Å². The van der Waals surface area contributed by atoms with Crippen LogP contribution in [0.3, 0.4) is 0 Å². The van der Waals surface area contributed by atoms with Crippen LogP contribution in [0.2, 0.25) is 0 Å². The summed E-state index contributed by atoms with van der Waals surface area (Å²) in [6.45, 7) is 4.92. The minimum absolute atomic E-state index is 0.211. The molecule has 8 heteroatoms. The van der Waals surface area contributed by atoms with Crippen LogP contribution in [0, 0.1) is 0 Å². The first-order valence-corrected chi connectivity index (χ1v) is 6.87. The molecule has 0 radical (unpaired) electrons. The molecule has 0 aromatic carbocycles. The van der Waals surface area contributed by atoms with E-state index in [4.69, 9.17) is 0 Å². The van der Waals surface area contributed by atoms with Gasteiger partial charge in [0.1, 0.15) is 5.56 Å². The lowest BCUT2D eigenvalue weighted by molar-refractivity contribution is 0.0696. The summed E-state index contributed by atoms with van der Waals surface area (Å²) < 4.78 is 1.65. The van der Waals surface area contributed by atoms with Crippen molar-refractivity contribution in [3.05, 3.63) is 29.2 Å². The fraction of sp³-hybridized carbons (Fsp3) is 0.462. The molecule has 0 aliphatic carbocycles. The maximum Gasteiger partial charge on any atom is 0.339 e. The molecule has 0 saturated heterocycles. The van der Waals surface area contributed by atoms with Crippen LogP contribution < -0.4 is 5.32 Å². The van der Waals surface area contributed by atoms with E-state index in [0.29, 0.717) is 31.7 Å². The molecule has 0 unspecified atom stereocenters. The number of hydrogen-bond acceptors (Lipinski definition) is 6. The highest BCUT2D eigenvalue weighted by Crippen LogP contribution is 2.20. The van der Waals surface area contributed by atoms with Gasteiger partial charge in [-0.1, -0.05) is 19.1 Å². The Morgan fingerprint density at radius 3 is 2.71 bits per heavy atom. The van der Waals surface area contributed by atoms with Crippen LogP contribution >= 0.6 is 0 Å². The average Bonchev–Trinajstić information content (AvgIpc) is 2.99. The number of aryl methyl sites for hydroxylation is 1. The number of aromatic nitrogens is 5. The normalized spacial score (nSPS) is 10.6. The predicted molar refractivity (Wildman–Crippen MR) is 76.3 cm³/mol. The number of anilines is 1. The monoisotopic (exact) mass is 290 g/mol. The second-order valence-electron chi connectivity index (χ2n) is 4.45. The quantitative estimate of drug-likeness (QED) is 0.783. The number of carboxylic acid groups (broad SMARTS) is 1. The number of carbonyl (C=O) groups is 1. The van der Waals surface area contributed by atoms with Gasteiger partial charge in [0.05, 0.1) is 18.4 Å². The average molecular weight is 290 g/mol. The zero-order chi connectivity index (χ0) is 15.2. The van der Waals surface area contributed by atoms with Gasteiger partial charge in [0.15, 0.2) is 5.82 Å². The van der Waals surface area contributed by atoms with Gasteiger partial charge in [0.2, 0.25) is 0 Å². The van der Waals surface area contributed by atoms with Crippen molar-refractivity contribution < 1.29 is 9.90 Å². The number of aromatic carboxylic acids is 1. The number of nitrogens with one attached hydrogen (secondary N) is 1. The summed E-state index contributed by atoms with van der Waals surface area (Å²) in [6.07, 6.45) is 4.60. The van der Waals surface area contributed by atoms with Crippen molar-refractivity contribution in [2.75, 3.05) is 11.9 Å². The lowest BCUT2D eigenvalue weighted by Gasteiger charge is -2.13. The van der Waals surface area contributed by atoms with Crippen LogP contribution in [-0.2, 0) is 19.4 Å². The zero-order valence-corrected chi connectivity index (χ0v) is 12.1. The Morgan fingerprint density at radius 2 is 2.14 bits per heavy atom. The predicted octanol–water partition coefficient (Wildman–Crippen LogP) is 1.00. The molecule has 0 bridgehead atoms. The van der Waals surface area contributed by atoms with Crippen molar-refractivity contribution in [3.8, 4) is 0 Å². The van der Waals surface area contributed by atoms with Crippen LogP contribution in [-0.4, -0.2) is 42.8 Å². The third-order valence-corrected chi connectivity index (χ3v) is 3.17. The van der Waals surface area contributed by atoms with E-state index in [-0.39, 0.29) is 5.56 Å². The van der Waals surface area contributed by atoms with Crippen molar-refractivity contribution in [1.82, 2.24) is 25.2 Å². The molecule has 0 aliphatic rings. The van der Waals surface area contributed by atoms with E-state index in [1.807, 2.05) is 13.8 Å². The van der Waals surface area contributed by atoms with Crippen LogP contribution in [0.25, 0.3) is 0 Å². The molecule has 112 valence electrons. The largest absolute Gasteiger partial charge is 0.478 e. The van der Waals surface area contributed by atoms with Crippen LogP contribution in [0.1, 0.15) is 35.5 Å². The van der Waals surface area contributed by atoms with Crippen LogP contribution in [0.4, 0.5) is 5.82 Å². The molecular formula is C13H18N6O2. The number of nitrogens with zero attached hydrogens (tertiary/aromatic N) is 5. The highest BCUT2D eigenvalue weighted by Gasteiger charge is 2.19. The highest BCUT2D eigenvalue weighted by molar-refractivity contribution is 5.95. The molecular weight excluding hydrogens is 272 g/mol. The van der Waals surface area contributed by atoms with Crippen molar-refractivity contribution in [3.63, 3.8) is 0 Å². The SMILES string of the molecule is CCc1nnc(NCCn2ccnn2)c(C(=O)O)c1CC. The first-order chi connectivity index (χ1) is 10.2. The third-order valence-electron chi connectivity index (χ3n) is 3.17.